The molecule has 1 aromatic carbocycles. The molecule has 0 radical (unpaired) electrons. The number of anilines is 2. The molecule has 0 amide bonds. The minimum atomic E-state index is -0.515. The van der Waals surface area contributed by atoms with Gasteiger partial charge >= 0.3 is 5.97 Å². The van der Waals surface area contributed by atoms with Crippen LogP contribution in [0.25, 0.3) is 0 Å². The lowest BCUT2D eigenvalue weighted by Gasteiger charge is -2.01. The Morgan fingerprint density at radius 2 is 2.17 bits per heavy atom. The number of hydrogen-bond acceptors (Lipinski definition) is 8. The molecule has 0 saturated carbocycles. The van der Waals surface area contributed by atoms with Crippen LogP contribution in [-0.4, -0.2) is 23.3 Å². The maximum Gasteiger partial charge on any atom is 0.373 e. The molecule has 0 atom stereocenters. The standard InChI is InChI=1S/C15H12FN3O3S2/c1-21-13(20)12-7-6-9(22-12)8-23-15-19-18-14(24-15)17-11-5-3-2-4-10(11)16/h2-7H,8H2,1H3,(H,17,18). The van der Waals surface area contributed by atoms with Crippen molar-refractivity contribution in [3.63, 3.8) is 0 Å². The Kier molecular flexibility index (Phi) is 5.11. The number of benzene rings is 1. The first-order valence-electron chi connectivity index (χ1n) is 6.80. The van der Waals surface area contributed by atoms with Crippen molar-refractivity contribution in [3.8, 4) is 0 Å². The number of methoxy groups -OCH3 is 1. The van der Waals surface area contributed by atoms with Crippen molar-refractivity contribution < 1.29 is 18.3 Å². The summed E-state index contributed by atoms with van der Waals surface area (Å²) < 4.78 is 24.2. The largest absolute Gasteiger partial charge is 0.463 e. The Morgan fingerprint density at radius 1 is 1.33 bits per heavy atom. The third-order valence-electron chi connectivity index (χ3n) is 2.91. The van der Waals surface area contributed by atoms with Gasteiger partial charge in [-0.25, -0.2) is 9.18 Å². The van der Waals surface area contributed by atoms with Crippen LogP contribution in [0, 0.1) is 5.82 Å². The molecule has 0 aliphatic rings. The van der Waals surface area contributed by atoms with Crippen LogP contribution in [0.1, 0.15) is 16.3 Å². The molecule has 2 heterocycles. The van der Waals surface area contributed by atoms with Gasteiger partial charge in [-0.1, -0.05) is 35.2 Å². The van der Waals surface area contributed by atoms with Gasteiger partial charge in [0.05, 0.1) is 18.6 Å². The molecule has 0 aliphatic carbocycles. The lowest BCUT2D eigenvalue weighted by molar-refractivity contribution is 0.0563. The van der Waals surface area contributed by atoms with Crippen LogP contribution in [-0.2, 0) is 10.5 Å². The fourth-order valence-corrected chi connectivity index (χ4v) is 3.45. The summed E-state index contributed by atoms with van der Waals surface area (Å²) in [5, 5.41) is 11.4. The zero-order valence-corrected chi connectivity index (χ0v) is 14.1. The van der Waals surface area contributed by atoms with Crippen molar-refractivity contribution in [2.45, 2.75) is 10.1 Å². The smallest absolute Gasteiger partial charge is 0.373 e. The number of rotatable bonds is 6. The Labute approximate surface area is 145 Å². The van der Waals surface area contributed by atoms with Gasteiger partial charge in [-0.3, -0.25) is 0 Å². The van der Waals surface area contributed by atoms with Crippen LogP contribution < -0.4 is 5.32 Å². The summed E-state index contributed by atoms with van der Waals surface area (Å²) in [4.78, 5) is 11.3. The first kappa shape index (κ1) is 16.5. The van der Waals surface area contributed by atoms with Crippen molar-refractivity contribution >= 4 is 39.9 Å². The summed E-state index contributed by atoms with van der Waals surface area (Å²) in [6.07, 6.45) is 0. The molecule has 0 bridgehead atoms. The highest BCUT2D eigenvalue weighted by Crippen LogP contribution is 2.30. The van der Waals surface area contributed by atoms with E-state index in [1.807, 2.05) is 0 Å². The highest BCUT2D eigenvalue weighted by molar-refractivity contribution is 8.00. The second-order valence-corrected chi connectivity index (χ2v) is 6.72. The molecule has 0 unspecified atom stereocenters. The van der Waals surface area contributed by atoms with E-state index in [4.69, 9.17) is 4.42 Å². The number of nitrogens with one attached hydrogen (secondary N) is 1. The Bertz CT molecular complexity index is 850. The normalized spacial score (nSPS) is 10.6. The van der Waals surface area contributed by atoms with Gasteiger partial charge in [0.1, 0.15) is 11.6 Å². The second kappa shape index (κ2) is 7.45. The summed E-state index contributed by atoms with van der Waals surface area (Å²) in [7, 11) is 1.30. The van der Waals surface area contributed by atoms with E-state index >= 15 is 0 Å². The van der Waals surface area contributed by atoms with E-state index < -0.39 is 5.97 Å². The Morgan fingerprint density at radius 3 is 2.96 bits per heavy atom. The van der Waals surface area contributed by atoms with E-state index in [-0.39, 0.29) is 11.6 Å². The first-order valence-corrected chi connectivity index (χ1v) is 8.61. The number of carbonyl (C=O) groups is 1. The molecule has 3 aromatic rings. The molecule has 3 rings (SSSR count). The number of ether oxygens (including phenoxy) is 1. The van der Waals surface area contributed by atoms with E-state index in [1.54, 1.807) is 30.3 Å². The maximum atomic E-state index is 13.6. The van der Waals surface area contributed by atoms with Gasteiger partial charge < -0.3 is 14.5 Å². The lowest BCUT2D eigenvalue weighted by Crippen LogP contribution is -1.98. The van der Waals surface area contributed by atoms with Gasteiger partial charge in [-0.2, -0.15) is 0 Å². The molecular weight excluding hydrogens is 353 g/mol. The quantitative estimate of drug-likeness (QED) is 0.521. The summed E-state index contributed by atoms with van der Waals surface area (Å²) in [5.41, 5.74) is 0.346. The maximum absolute atomic E-state index is 13.6. The van der Waals surface area contributed by atoms with Crippen LogP contribution >= 0.6 is 23.1 Å². The van der Waals surface area contributed by atoms with Crippen LogP contribution in [0.2, 0.25) is 0 Å². The fourth-order valence-electron chi connectivity index (χ4n) is 1.80. The number of para-hydroxylation sites is 1. The van der Waals surface area contributed by atoms with Crippen LogP contribution in [0.5, 0.6) is 0 Å². The number of halogens is 1. The number of thioether (sulfide) groups is 1. The van der Waals surface area contributed by atoms with Gasteiger partial charge in [0.25, 0.3) is 0 Å². The zero-order valence-electron chi connectivity index (χ0n) is 12.5. The zero-order chi connectivity index (χ0) is 16.9. The summed E-state index contributed by atoms with van der Waals surface area (Å²) in [6.45, 7) is 0. The van der Waals surface area contributed by atoms with E-state index in [9.17, 15) is 9.18 Å². The minimum absolute atomic E-state index is 0.160. The molecule has 0 aliphatic heterocycles. The number of furan rings is 1. The van der Waals surface area contributed by atoms with Crippen molar-refractivity contribution in [1.82, 2.24) is 10.2 Å². The van der Waals surface area contributed by atoms with E-state index in [0.29, 0.717) is 26.7 Å². The predicted molar refractivity (Wildman–Crippen MR) is 89.2 cm³/mol. The molecule has 9 heteroatoms. The molecular formula is C15H12FN3O3S2. The van der Waals surface area contributed by atoms with Gasteiger partial charge in [0, 0.05) is 0 Å². The van der Waals surface area contributed by atoms with Crippen molar-refractivity contribution in [3.05, 3.63) is 53.7 Å². The molecule has 1 N–H and O–H groups in total. The third kappa shape index (κ3) is 3.92. The lowest BCUT2D eigenvalue weighted by atomic mass is 10.3. The molecule has 24 heavy (non-hydrogen) atoms. The van der Waals surface area contributed by atoms with Crippen molar-refractivity contribution in [2.24, 2.45) is 0 Å². The number of hydrogen-bond donors (Lipinski definition) is 1. The van der Waals surface area contributed by atoms with Crippen molar-refractivity contribution in [1.29, 1.82) is 0 Å². The minimum Gasteiger partial charge on any atom is -0.463 e. The van der Waals surface area contributed by atoms with E-state index in [0.717, 1.165) is 0 Å². The summed E-state index contributed by atoms with van der Waals surface area (Å²) >= 11 is 2.71. The molecule has 0 spiro atoms. The Hall–Kier alpha value is -2.39. The molecule has 0 saturated heterocycles. The first-order chi connectivity index (χ1) is 11.7. The fraction of sp³-hybridized carbons (Fsp3) is 0.133. The highest BCUT2D eigenvalue weighted by Gasteiger charge is 2.12. The van der Waals surface area contributed by atoms with Crippen LogP contribution in [0.3, 0.4) is 0 Å². The molecule has 124 valence electrons. The topological polar surface area (TPSA) is 77.2 Å². The van der Waals surface area contributed by atoms with Gasteiger partial charge in [0.2, 0.25) is 10.9 Å². The highest BCUT2D eigenvalue weighted by atomic mass is 32.2. The summed E-state index contributed by atoms with van der Waals surface area (Å²) in [6, 6.07) is 9.62. The number of carbonyl (C=O) groups excluding carboxylic acids is 1. The number of esters is 1. The van der Waals surface area contributed by atoms with Gasteiger partial charge in [-0.15, -0.1) is 10.2 Å². The van der Waals surface area contributed by atoms with Crippen LogP contribution in [0.15, 0.2) is 45.2 Å². The number of aromatic nitrogens is 2. The van der Waals surface area contributed by atoms with E-state index in [1.165, 1.54) is 36.3 Å². The predicted octanol–water partition coefficient (Wildman–Crippen LogP) is 4.09. The third-order valence-corrected chi connectivity index (χ3v) is 4.90. The Balaban J connectivity index is 1.59. The van der Waals surface area contributed by atoms with Crippen LogP contribution in [0.4, 0.5) is 15.2 Å². The molecule has 0 fully saturated rings. The average Bonchev–Trinajstić information content (AvgIpc) is 3.24. The molecule has 6 nitrogen and oxygen atoms in total. The monoisotopic (exact) mass is 365 g/mol. The van der Waals surface area contributed by atoms with Gasteiger partial charge in [-0.05, 0) is 24.3 Å². The average molecular weight is 365 g/mol. The second-order valence-electron chi connectivity index (χ2n) is 4.52. The summed E-state index contributed by atoms with van der Waals surface area (Å²) in [5.74, 6) is 0.406. The molecule has 2 aromatic heterocycles. The van der Waals surface area contributed by atoms with Crippen molar-refractivity contribution in [2.75, 3.05) is 12.4 Å². The SMILES string of the molecule is COC(=O)c1ccc(CSc2nnc(Nc3ccccc3F)s2)o1. The van der Waals surface area contributed by atoms with Gasteiger partial charge in [0.15, 0.2) is 4.34 Å². The van der Waals surface area contributed by atoms with E-state index in [2.05, 4.69) is 20.3 Å². The number of nitrogens with zero attached hydrogens (tertiary/aromatic N) is 2.